The third kappa shape index (κ3) is 2.28. The molecule has 2 aromatic rings. The summed E-state index contributed by atoms with van der Waals surface area (Å²) in [6, 6.07) is 7.88. The molecule has 2 rings (SSSR count). The molecule has 4 heteroatoms. The topological polar surface area (TPSA) is 51.8 Å². The maximum Gasteiger partial charge on any atom is 0.159 e. The first kappa shape index (κ1) is 11.2. The Kier molecular flexibility index (Phi) is 3.31. The van der Waals surface area contributed by atoms with Gasteiger partial charge >= 0.3 is 0 Å². The van der Waals surface area contributed by atoms with E-state index in [1.54, 1.807) is 6.20 Å². The molecule has 2 N–H and O–H groups in total. The molecule has 1 heterocycles. The fraction of sp³-hybridized carbons (Fsp3) is 0.167. The number of nitrogens with two attached hydrogens (primary N) is 1. The van der Waals surface area contributed by atoms with Crippen molar-refractivity contribution in [3.05, 3.63) is 46.2 Å². The van der Waals surface area contributed by atoms with Gasteiger partial charge in [0.05, 0.1) is 5.69 Å². The van der Waals surface area contributed by atoms with E-state index in [1.807, 2.05) is 31.2 Å². The van der Waals surface area contributed by atoms with E-state index in [0.717, 1.165) is 27.1 Å². The van der Waals surface area contributed by atoms with Crippen molar-refractivity contribution in [2.24, 2.45) is 5.73 Å². The summed E-state index contributed by atoms with van der Waals surface area (Å²) in [4.78, 5) is 8.67. The van der Waals surface area contributed by atoms with Crippen LogP contribution in [0, 0.1) is 6.92 Å². The van der Waals surface area contributed by atoms with Crippen LogP contribution in [0.1, 0.15) is 11.3 Å². The van der Waals surface area contributed by atoms with Gasteiger partial charge in [0, 0.05) is 22.8 Å². The molecule has 0 aliphatic rings. The minimum atomic E-state index is 0.436. The molecule has 82 valence electrons. The van der Waals surface area contributed by atoms with Gasteiger partial charge in [0.15, 0.2) is 5.82 Å². The van der Waals surface area contributed by atoms with Crippen molar-refractivity contribution in [1.82, 2.24) is 9.97 Å². The number of benzene rings is 1. The Bertz CT molecular complexity index is 511. The molecule has 0 unspecified atom stereocenters. The van der Waals surface area contributed by atoms with Crippen molar-refractivity contribution in [3.63, 3.8) is 0 Å². The van der Waals surface area contributed by atoms with Gasteiger partial charge in [0.2, 0.25) is 0 Å². The van der Waals surface area contributed by atoms with Gasteiger partial charge in [-0.2, -0.15) is 0 Å². The van der Waals surface area contributed by atoms with Gasteiger partial charge in [0.25, 0.3) is 0 Å². The van der Waals surface area contributed by atoms with Crippen molar-refractivity contribution in [3.8, 4) is 11.4 Å². The number of aryl methyl sites for hydroxylation is 1. The Labute approximate surface area is 103 Å². The van der Waals surface area contributed by atoms with Crippen molar-refractivity contribution in [2.45, 2.75) is 13.5 Å². The summed E-state index contributed by atoms with van der Waals surface area (Å²) in [6.07, 6.45) is 1.74. The molecule has 0 aliphatic heterocycles. The molecule has 0 spiro atoms. The molecule has 0 atom stereocenters. The molecule has 0 fully saturated rings. The second-order valence-electron chi connectivity index (χ2n) is 3.53. The average molecular weight is 278 g/mol. The maximum absolute atomic E-state index is 5.56. The zero-order valence-corrected chi connectivity index (χ0v) is 10.5. The van der Waals surface area contributed by atoms with Crippen molar-refractivity contribution in [1.29, 1.82) is 0 Å². The molecular weight excluding hydrogens is 266 g/mol. The second-order valence-corrected chi connectivity index (χ2v) is 4.45. The molecule has 0 aliphatic carbocycles. The molecule has 0 bridgehead atoms. The van der Waals surface area contributed by atoms with Gasteiger partial charge in [-0.05, 0) is 36.8 Å². The van der Waals surface area contributed by atoms with E-state index >= 15 is 0 Å². The molecule has 0 saturated carbocycles. The quantitative estimate of drug-likeness (QED) is 0.918. The van der Waals surface area contributed by atoms with Gasteiger partial charge in [-0.15, -0.1) is 0 Å². The number of hydrogen-bond acceptors (Lipinski definition) is 3. The van der Waals surface area contributed by atoms with Crippen molar-refractivity contribution >= 4 is 15.9 Å². The van der Waals surface area contributed by atoms with E-state index < -0.39 is 0 Å². The molecule has 0 radical (unpaired) electrons. The van der Waals surface area contributed by atoms with Crippen LogP contribution < -0.4 is 5.73 Å². The highest BCUT2D eigenvalue weighted by Gasteiger charge is 2.05. The van der Waals surface area contributed by atoms with Crippen LogP contribution in [0.25, 0.3) is 11.4 Å². The smallest absolute Gasteiger partial charge is 0.159 e. The lowest BCUT2D eigenvalue weighted by Gasteiger charge is -2.05. The Morgan fingerprint density at radius 1 is 1.31 bits per heavy atom. The van der Waals surface area contributed by atoms with E-state index in [-0.39, 0.29) is 0 Å². The zero-order valence-electron chi connectivity index (χ0n) is 8.94. The van der Waals surface area contributed by atoms with Crippen LogP contribution in [0.5, 0.6) is 0 Å². The van der Waals surface area contributed by atoms with Crippen LogP contribution in [0.15, 0.2) is 34.9 Å². The third-order valence-electron chi connectivity index (χ3n) is 2.35. The molecular formula is C12H12BrN3. The molecule has 1 aromatic carbocycles. The minimum absolute atomic E-state index is 0.436. The van der Waals surface area contributed by atoms with E-state index in [2.05, 4.69) is 25.9 Å². The highest BCUT2D eigenvalue weighted by Crippen LogP contribution is 2.23. The summed E-state index contributed by atoms with van der Waals surface area (Å²) < 4.78 is 1.06. The standard InChI is InChI=1S/C12H12BrN3/c1-8-6-9(13)2-3-11(8)12-15-5-4-10(7-14)16-12/h2-6H,7,14H2,1H3. The van der Waals surface area contributed by atoms with Crippen LogP contribution >= 0.6 is 15.9 Å². The number of hydrogen-bond donors (Lipinski definition) is 1. The lowest BCUT2D eigenvalue weighted by Crippen LogP contribution is -2.01. The molecule has 3 nitrogen and oxygen atoms in total. The second kappa shape index (κ2) is 4.72. The predicted octanol–water partition coefficient (Wildman–Crippen LogP) is 2.67. The first-order valence-electron chi connectivity index (χ1n) is 4.99. The normalized spacial score (nSPS) is 10.4. The SMILES string of the molecule is Cc1cc(Br)ccc1-c1nccc(CN)n1. The van der Waals surface area contributed by atoms with Crippen LogP contribution in [-0.4, -0.2) is 9.97 Å². The Hall–Kier alpha value is -1.26. The van der Waals surface area contributed by atoms with Gasteiger partial charge in [0.1, 0.15) is 0 Å². The predicted molar refractivity (Wildman–Crippen MR) is 67.8 cm³/mol. The van der Waals surface area contributed by atoms with E-state index in [1.165, 1.54) is 0 Å². The highest BCUT2D eigenvalue weighted by atomic mass is 79.9. The molecule has 0 amide bonds. The zero-order chi connectivity index (χ0) is 11.5. The first-order valence-corrected chi connectivity index (χ1v) is 5.78. The Balaban J connectivity index is 2.49. The van der Waals surface area contributed by atoms with Gasteiger partial charge in [-0.25, -0.2) is 9.97 Å². The first-order chi connectivity index (χ1) is 7.70. The van der Waals surface area contributed by atoms with Gasteiger partial charge in [-0.1, -0.05) is 15.9 Å². The minimum Gasteiger partial charge on any atom is -0.325 e. The summed E-state index contributed by atoms with van der Waals surface area (Å²) in [5.41, 5.74) is 8.60. The number of halogens is 1. The molecule has 0 saturated heterocycles. The average Bonchev–Trinajstić information content (AvgIpc) is 2.29. The number of nitrogens with zero attached hydrogens (tertiary/aromatic N) is 2. The van der Waals surface area contributed by atoms with Crippen molar-refractivity contribution in [2.75, 3.05) is 0 Å². The van der Waals surface area contributed by atoms with Crippen LogP contribution in [0.4, 0.5) is 0 Å². The molecule has 1 aromatic heterocycles. The summed E-state index contributed by atoms with van der Waals surface area (Å²) in [6.45, 7) is 2.48. The summed E-state index contributed by atoms with van der Waals surface area (Å²) >= 11 is 3.44. The fourth-order valence-corrected chi connectivity index (χ4v) is 1.99. The fourth-order valence-electron chi connectivity index (χ4n) is 1.52. The van der Waals surface area contributed by atoms with Crippen LogP contribution in [0.3, 0.4) is 0 Å². The molecule has 16 heavy (non-hydrogen) atoms. The third-order valence-corrected chi connectivity index (χ3v) is 2.84. The summed E-state index contributed by atoms with van der Waals surface area (Å²) in [5, 5.41) is 0. The lowest BCUT2D eigenvalue weighted by atomic mass is 10.1. The van der Waals surface area contributed by atoms with Crippen molar-refractivity contribution < 1.29 is 0 Å². The largest absolute Gasteiger partial charge is 0.325 e. The Morgan fingerprint density at radius 3 is 2.81 bits per heavy atom. The number of rotatable bonds is 2. The van der Waals surface area contributed by atoms with Crippen LogP contribution in [-0.2, 0) is 6.54 Å². The summed E-state index contributed by atoms with van der Waals surface area (Å²) in [7, 11) is 0. The number of aromatic nitrogens is 2. The van der Waals surface area contributed by atoms with E-state index in [4.69, 9.17) is 5.73 Å². The van der Waals surface area contributed by atoms with Gasteiger partial charge < -0.3 is 5.73 Å². The Morgan fingerprint density at radius 2 is 2.12 bits per heavy atom. The summed E-state index contributed by atoms with van der Waals surface area (Å²) in [5.74, 6) is 0.730. The highest BCUT2D eigenvalue weighted by molar-refractivity contribution is 9.10. The van der Waals surface area contributed by atoms with E-state index in [9.17, 15) is 0 Å². The lowest BCUT2D eigenvalue weighted by molar-refractivity contribution is 0.968. The maximum atomic E-state index is 5.56. The van der Waals surface area contributed by atoms with Gasteiger partial charge in [-0.3, -0.25) is 0 Å². The van der Waals surface area contributed by atoms with Crippen LogP contribution in [0.2, 0.25) is 0 Å². The van der Waals surface area contributed by atoms with E-state index in [0.29, 0.717) is 6.54 Å². The monoisotopic (exact) mass is 277 g/mol.